The summed E-state index contributed by atoms with van der Waals surface area (Å²) in [7, 11) is 0. The lowest BCUT2D eigenvalue weighted by atomic mass is 10.0. The van der Waals surface area contributed by atoms with E-state index in [0.717, 1.165) is 24.0 Å². The Hall–Kier alpha value is -1.60. The molecular formula is C17H17ClO. The van der Waals surface area contributed by atoms with Gasteiger partial charge in [-0.05, 0) is 49.1 Å². The number of benzene rings is 2. The Morgan fingerprint density at radius 1 is 1.11 bits per heavy atom. The van der Waals surface area contributed by atoms with Gasteiger partial charge < -0.3 is 0 Å². The molecule has 0 amide bonds. The molecule has 0 N–H and O–H groups in total. The maximum atomic E-state index is 12.1. The maximum absolute atomic E-state index is 12.1. The topological polar surface area (TPSA) is 17.1 Å². The van der Waals surface area contributed by atoms with E-state index in [0.29, 0.717) is 11.4 Å². The first-order chi connectivity index (χ1) is 9.15. The second-order valence-electron chi connectivity index (χ2n) is 4.78. The van der Waals surface area contributed by atoms with E-state index in [1.54, 1.807) is 6.07 Å². The van der Waals surface area contributed by atoms with Crippen molar-refractivity contribution in [1.82, 2.24) is 0 Å². The van der Waals surface area contributed by atoms with Gasteiger partial charge >= 0.3 is 0 Å². The summed E-state index contributed by atoms with van der Waals surface area (Å²) < 4.78 is 0. The van der Waals surface area contributed by atoms with E-state index in [9.17, 15) is 4.79 Å². The Bertz CT molecular complexity index is 540. The Balaban J connectivity index is 1.91. The van der Waals surface area contributed by atoms with Crippen LogP contribution in [0.4, 0.5) is 0 Å². The summed E-state index contributed by atoms with van der Waals surface area (Å²) in [6.45, 7) is 1.95. The number of hydrogen-bond acceptors (Lipinski definition) is 1. The molecule has 0 unspecified atom stereocenters. The predicted octanol–water partition coefficient (Wildman–Crippen LogP) is 4.85. The molecule has 2 rings (SSSR count). The molecule has 2 aromatic carbocycles. The molecule has 0 heterocycles. The van der Waals surface area contributed by atoms with Crippen LogP contribution in [0.2, 0.25) is 5.02 Å². The third-order valence-electron chi connectivity index (χ3n) is 3.08. The molecule has 0 aliphatic carbocycles. The molecule has 19 heavy (non-hydrogen) atoms. The first-order valence-electron chi connectivity index (χ1n) is 6.49. The Kier molecular flexibility index (Phi) is 4.75. The summed E-state index contributed by atoms with van der Waals surface area (Å²) in [5.41, 5.74) is 3.02. The molecule has 0 atom stereocenters. The van der Waals surface area contributed by atoms with Crippen LogP contribution in [-0.2, 0) is 6.42 Å². The van der Waals surface area contributed by atoms with Gasteiger partial charge in [-0.2, -0.15) is 0 Å². The van der Waals surface area contributed by atoms with Crippen molar-refractivity contribution in [1.29, 1.82) is 0 Å². The van der Waals surface area contributed by atoms with Crippen LogP contribution in [0.1, 0.15) is 34.3 Å². The van der Waals surface area contributed by atoms with Crippen LogP contribution >= 0.6 is 11.6 Å². The van der Waals surface area contributed by atoms with Gasteiger partial charge in [-0.1, -0.05) is 41.9 Å². The lowest BCUT2D eigenvalue weighted by Crippen LogP contribution is -2.00. The van der Waals surface area contributed by atoms with Crippen LogP contribution < -0.4 is 0 Å². The zero-order valence-corrected chi connectivity index (χ0v) is 11.8. The van der Waals surface area contributed by atoms with E-state index in [4.69, 9.17) is 11.6 Å². The number of Topliss-reactive ketones (excluding diaryl/α,β-unsaturated/α-hetero) is 1. The number of halogens is 1. The predicted molar refractivity (Wildman–Crippen MR) is 79.9 cm³/mol. The fourth-order valence-corrected chi connectivity index (χ4v) is 2.43. The summed E-state index contributed by atoms with van der Waals surface area (Å²) in [6.07, 6.45) is 2.37. The monoisotopic (exact) mass is 272 g/mol. The fraction of sp³-hybridized carbons (Fsp3) is 0.235. The minimum Gasteiger partial charge on any atom is -0.294 e. The van der Waals surface area contributed by atoms with Gasteiger partial charge in [0.25, 0.3) is 0 Å². The van der Waals surface area contributed by atoms with Crippen LogP contribution in [0.3, 0.4) is 0 Å². The smallest absolute Gasteiger partial charge is 0.162 e. The van der Waals surface area contributed by atoms with Crippen LogP contribution in [0.25, 0.3) is 0 Å². The molecule has 0 fully saturated rings. The molecule has 1 nitrogen and oxygen atoms in total. The lowest BCUT2D eigenvalue weighted by Gasteiger charge is -2.04. The van der Waals surface area contributed by atoms with Gasteiger partial charge in [-0.15, -0.1) is 0 Å². The first kappa shape index (κ1) is 13.8. The van der Waals surface area contributed by atoms with Crippen LogP contribution in [0, 0.1) is 6.92 Å². The van der Waals surface area contributed by atoms with Gasteiger partial charge in [0.15, 0.2) is 5.78 Å². The van der Waals surface area contributed by atoms with Gasteiger partial charge in [0.1, 0.15) is 0 Å². The third kappa shape index (κ3) is 4.22. The van der Waals surface area contributed by atoms with Crippen molar-refractivity contribution in [2.24, 2.45) is 0 Å². The largest absolute Gasteiger partial charge is 0.294 e. The summed E-state index contributed by atoms with van der Waals surface area (Å²) >= 11 is 5.97. The van der Waals surface area contributed by atoms with E-state index in [1.165, 1.54) is 5.56 Å². The molecule has 2 heteroatoms. The maximum Gasteiger partial charge on any atom is 0.162 e. The minimum atomic E-state index is 0.168. The standard InChI is InChI=1S/C17H17ClO/c1-13-10-15(12-16(18)11-13)17(19)9-5-8-14-6-3-2-4-7-14/h2-4,6-7,10-12H,5,8-9H2,1H3. The van der Waals surface area contributed by atoms with Crippen molar-refractivity contribution in [3.05, 3.63) is 70.2 Å². The summed E-state index contributed by atoms with van der Waals surface area (Å²) in [4.78, 5) is 12.1. The molecule has 0 aromatic heterocycles. The van der Waals surface area contributed by atoms with Crippen molar-refractivity contribution in [3.63, 3.8) is 0 Å². The van der Waals surface area contributed by atoms with E-state index in [2.05, 4.69) is 12.1 Å². The van der Waals surface area contributed by atoms with Gasteiger partial charge in [0.05, 0.1) is 0 Å². The molecule has 0 saturated heterocycles. The quantitative estimate of drug-likeness (QED) is 0.711. The van der Waals surface area contributed by atoms with Gasteiger partial charge in [0, 0.05) is 17.0 Å². The van der Waals surface area contributed by atoms with E-state index in [1.807, 2.05) is 37.3 Å². The molecule has 0 radical (unpaired) electrons. The molecule has 2 aromatic rings. The van der Waals surface area contributed by atoms with E-state index < -0.39 is 0 Å². The lowest BCUT2D eigenvalue weighted by molar-refractivity contribution is 0.0980. The van der Waals surface area contributed by atoms with Crippen molar-refractivity contribution >= 4 is 17.4 Å². The SMILES string of the molecule is Cc1cc(Cl)cc(C(=O)CCCc2ccccc2)c1. The van der Waals surface area contributed by atoms with Crippen molar-refractivity contribution in [2.45, 2.75) is 26.2 Å². The minimum absolute atomic E-state index is 0.168. The molecular weight excluding hydrogens is 256 g/mol. The molecule has 0 bridgehead atoms. The molecule has 98 valence electrons. The average Bonchev–Trinajstić information content (AvgIpc) is 2.38. The zero-order valence-electron chi connectivity index (χ0n) is 11.0. The number of aryl methyl sites for hydroxylation is 2. The zero-order chi connectivity index (χ0) is 13.7. The van der Waals surface area contributed by atoms with E-state index in [-0.39, 0.29) is 5.78 Å². The molecule has 0 aliphatic heterocycles. The second-order valence-corrected chi connectivity index (χ2v) is 5.22. The summed E-state index contributed by atoms with van der Waals surface area (Å²) in [5, 5.41) is 0.631. The number of carbonyl (C=O) groups is 1. The highest BCUT2D eigenvalue weighted by Crippen LogP contribution is 2.17. The van der Waals surface area contributed by atoms with Crippen LogP contribution in [0.15, 0.2) is 48.5 Å². The van der Waals surface area contributed by atoms with Gasteiger partial charge in [0.2, 0.25) is 0 Å². The molecule has 0 spiro atoms. The fourth-order valence-electron chi connectivity index (χ4n) is 2.14. The average molecular weight is 273 g/mol. The van der Waals surface area contributed by atoms with Crippen molar-refractivity contribution in [2.75, 3.05) is 0 Å². The summed E-state index contributed by atoms with van der Waals surface area (Å²) in [6, 6.07) is 15.7. The number of rotatable bonds is 5. The van der Waals surface area contributed by atoms with Crippen molar-refractivity contribution in [3.8, 4) is 0 Å². The third-order valence-corrected chi connectivity index (χ3v) is 3.29. The van der Waals surface area contributed by atoms with Crippen molar-refractivity contribution < 1.29 is 4.79 Å². The second kappa shape index (κ2) is 6.53. The highest BCUT2D eigenvalue weighted by Gasteiger charge is 2.07. The molecule has 0 aliphatic rings. The highest BCUT2D eigenvalue weighted by molar-refractivity contribution is 6.31. The Morgan fingerprint density at radius 2 is 1.84 bits per heavy atom. The van der Waals surface area contributed by atoms with Crippen LogP contribution in [0.5, 0.6) is 0 Å². The first-order valence-corrected chi connectivity index (χ1v) is 6.87. The van der Waals surface area contributed by atoms with E-state index >= 15 is 0 Å². The normalized spacial score (nSPS) is 10.4. The van der Waals surface area contributed by atoms with Gasteiger partial charge in [-0.25, -0.2) is 0 Å². The number of hydrogen-bond donors (Lipinski definition) is 0. The number of ketones is 1. The highest BCUT2D eigenvalue weighted by atomic mass is 35.5. The van der Waals surface area contributed by atoms with Crippen LogP contribution in [-0.4, -0.2) is 5.78 Å². The Morgan fingerprint density at radius 3 is 2.53 bits per heavy atom. The Labute approximate surface area is 119 Å². The van der Waals surface area contributed by atoms with Gasteiger partial charge in [-0.3, -0.25) is 4.79 Å². The number of carbonyl (C=O) groups excluding carboxylic acids is 1. The molecule has 0 saturated carbocycles. The summed E-state index contributed by atoms with van der Waals surface area (Å²) in [5.74, 6) is 0.168.